The molecule has 0 radical (unpaired) electrons. The maximum absolute atomic E-state index is 12.4. The maximum atomic E-state index is 12.4. The summed E-state index contributed by atoms with van der Waals surface area (Å²) in [5.41, 5.74) is 7.98. The van der Waals surface area contributed by atoms with E-state index < -0.39 is 0 Å². The van der Waals surface area contributed by atoms with Gasteiger partial charge in [0.2, 0.25) is 5.78 Å². The highest BCUT2D eigenvalue weighted by Gasteiger charge is 2.18. The topological polar surface area (TPSA) is 84.7 Å². The summed E-state index contributed by atoms with van der Waals surface area (Å²) < 4.78 is 0. The fourth-order valence-electron chi connectivity index (χ4n) is 1.87. The lowest BCUT2D eigenvalue weighted by molar-refractivity contribution is 0.103. The Labute approximate surface area is 113 Å². The van der Waals surface area contributed by atoms with Crippen LogP contribution in [0, 0.1) is 0 Å². The van der Waals surface area contributed by atoms with E-state index in [1.165, 1.54) is 11.3 Å². The average Bonchev–Trinajstić information content (AvgIpc) is 3.05. The van der Waals surface area contributed by atoms with Crippen molar-refractivity contribution in [2.45, 2.75) is 13.0 Å². The van der Waals surface area contributed by atoms with Crippen molar-refractivity contribution in [3.63, 3.8) is 0 Å². The number of hydrogen-bond acceptors (Lipinski definition) is 5. The van der Waals surface area contributed by atoms with Crippen LogP contribution in [-0.4, -0.2) is 20.7 Å². The molecule has 0 aliphatic rings. The van der Waals surface area contributed by atoms with Crippen molar-refractivity contribution in [1.82, 2.24) is 15.0 Å². The van der Waals surface area contributed by atoms with Crippen LogP contribution in [0.3, 0.4) is 0 Å². The molecule has 6 heteroatoms. The third kappa shape index (κ3) is 2.05. The highest BCUT2D eigenvalue weighted by atomic mass is 32.1. The SMILES string of the molecule is C[C@H](N)c1csc(C(=O)c2c[nH]c3ccncc23)n1. The molecular formula is C13H12N4OS. The Bertz CT molecular complexity index is 744. The molecule has 3 aromatic rings. The second kappa shape index (κ2) is 4.56. The van der Waals surface area contributed by atoms with Gasteiger partial charge in [0.05, 0.1) is 11.3 Å². The summed E-state index contributed by atoms with van der Waals surface area (Å²) in [4.78, 5) is 23.8. The molecule has 0 amide bonds. The molecular weight excluding hydrogens is 260 g/mol. The molecule has 0 saturated carbocycles. The van der Waals surface area contributed by atoms with E-state index in [9.17, 15) is 4.79 Å². The summed E-state index contributed by atoms with van der Waals surface area (Å²) in [6.07, 6.45) is 5.06. The van der Waals surface area contributed by atoms with Crippen LogP contribution in [0.15, 0.2) is 30.0 Å². The van der Waals surface area contributed by atoms with E-state index in [0.29, 0.717) is 10.6 Å². The number of nitrogens with one attached hydrogen (secondary N) is 1. The van der Waals surface area contributed by atoms with Crippen LogP contribution in [-0.2, 0) is 0 Å². The van der Waals surface area contributed by atoms with Crippen molar-refractivity contribution in [2.24, 2.45) is 5.73 Å². The van der Waals surface area contributed by atoms with Crippen LogP contribution in [0.2, 0.25) is 0 Å². The van der Waals surface area contributed by atoms with Gasteiger partial charge in [0.25, 0.3) is 0 Å². The monoisotopic (exact) mass is 272 g/mol. The zero-order valence-corrected chi connectivity index (χ0v) is 11.1. The van der Waals surface area contributed by atoms with E-state index in [0.717, 1.165) is 16.6 Å². The zero-order chi connectivity index (χ0) is 13.4. The number of carbonyl (C=O) groups is 1. The predicted molar refractivity (Wildman–Crippen MR) is 74.2 cm³/mol. The molecule has 0 aliphatic carbocycles. The minimum absolute atomic E-state index is 0.101. The number of hydrogen-bond donors (Lipinski definition) is 2. The van der Waals surface area contributed by atoms with E-state index in [1.807, 2.05) is 18.4 Å². The van der Waals surface area contributed by atoms with Crippen LogP contribution in [0.4, 0.5) is 0 Å². The lowest BCUT2D eigenvalue weighted by atomic mass is 10.1. The van der Waals surface area contributed by atoms with Gasteiger partial charge in [-0.2, -0.15) is 0 Å². The standard InChI is InChI=1S/C13H12N4OS/c1-7(14)11-6-19-13(17-11)12(18)9-5-16-10-2-3-15-4-8(9)10/h2-7,16H,14H2,1H3/t7-/m0/s1. The predicted octanol–water partition coefficient (Wildman–Crippen LogP) is 2.27. The average molecular weight is 272 g/mol. The minimum Gasteiger partial charge on any atom is -0.360 e. The lowest BCUT2D eigenvalue weighted by Crippen LogP contribution is -2.06. The van der Waals surface area contributed by atoms with Gasteiger partial charge in [-0.1, -0.05) is 0 Å². The highest BCUT2D eigenvalue weighted by Crippen LogP contribution is 2.23. The van der Waals surface area contributed by atoms with Crippen molar-refractivity contribution in [3.05, 3.63) is 46.3 Å². The Kier molecular flexibility index (Phi) is 2.88. The molecule has 3 aromatic heterocycles. The Balaban J connectivity index is 2.03. The van der Waals surface area contributed by atoms with E-state index in [4.69, 9.17) is 5.73 Å². The molecule has 3 N–H and O–H groups in total. The lowest BCUT2D eigenvalue weighted by Gasteiger charge is -1.98. The first-order chi connectivity index (χ1) is 9.16. The molecule has 0 saturated heterocycles. The van der Waals surface area contributed by atoms with Gasteiger partial charge in [-0.05, 0) is 13.0 Å². The Hall–Kier alpha value is -2.05. The van der Waals surface area contributed by atoms with Gasteiger partial charge >= 0.3 is 0 Å². The molecule has 96 valence electrons. The van der Waals surface area contributed by atoms with Gasteiger partial charge in [0.15, 0.2) is 5.01 Å². The summed E-state index contributed by atoms with van der Waals surface area (Å²) in [6.45, 7) is 1.85. The number of nitrogens with two attached hydrogens (primary N) is 1. The van der Waals surface area contributed by atoms with E-state index in [-0.39, 0.29) is 11.8 Å². The van der Waals surface area contributed by atoms with Crippen LogP contribution in [0.25, 0.3) is 10.9 Å². The summed E-state index contributed by atoms with van der Waals surface area (Å²) in [7, 11) is 0. The maximum Gasteiger partial charge on any atom is 0.223 e. The number of pyridine rings is 1. The third-order valence-electron chi connectivity index (χ3n) is 2.91. The second-order valence-corrected chi connectivity index (χ2v) is 5.18. The number of ketones is 1. The number of aromatic nitrogens is 3. The van der Waals surface area contributed by atoms with Gasteiger partial charge in [0.1, 0.15) is 0 Å². The van der Waals surface area contributed by atoms with Crippen molar-refractivity contribution < 1.29 is 4.79 Å². The van der Waals surface area contributed by atoms with Crippen LogP contribution < -0.4 is 5.73 Å². The molecule has 0 aliphatic heterocycles. The first-order valence-corrected chi connectivity index (χ1v) is 6.71. The minimum atomic E-state index is -0.164. The summed E-state index contributed by atoms with van der Waals surface area (Å²) in [5.74, 6) is -0.101. The van der Waals surface area contributed by atoms with Gasteiger partial charge in [-0.15, -0.1) is 11.3 Å². The molecule has 0 unspecified atom stereocenters. The van der Waals surface area contributed by atoms with Gasteiger partial charge < -0.3 is 10.7 Å². The molecule has 19 heavy (non-hydrogen) atoms. The second-order valence-electron chi connectivity index (χ2n) is 4.32. The summed E-state index contributed by atoms with van der Waals surface area (Å²) in [6, 6.07) is 1.67. The van der Waals surface area contributed by atoms with E-state index in [2.05, 4.69) is 15.0 Å². The first kappa shape index (κ1) is 12.0. The third-order valence-corrected chi connectivity index (χ3v) is 3.77. The molecule has 1 atom stereocenters. The molecule has 3 heterocycles. The van der Waals surface area contributed by atoms with Crippen LogP contribution in [0.5, 0.6) is 0 Å². The Morgan fingerprint density at radius 2 is 2.37 bits per heavy atom. The number of rotatable bonds is 3. The molecule has 0 fully saturated rings. The van der Waals surface area contributed by atoms with Gasteiger partial charge in [0, 0.05) is 40.9 Å². The van der Waals surface area contributed by atoms with Crippen LogP contribution >= 0.6 is 11.3 Å². The first-order valence-electron chi connectivity index (χ1n) is 5.83. The smallest absolute Gasteiger partial charge is 0.223 e. The van der Waals surface area contributed by atoms with Crippen molar-refractivity contribution in [1.29, 1.82) is 0 Å². The summed E-state index contributed by atoms with van der Waals surface area (Å²) >= 11 is 1.32. The Morgan fingerprint density at radius 3 is 3.11 bits per heavy atom. The Morgan fingerprint density at radius 1 is 1.53 bits per heavy atom. The summed E-state index contributed by atoms with van der Waals surface area (Å²) in [5, 5.41) is 3.09. The molecule has 0 bridgehead atoms. The van der Waals surface area contributed by atoms with Gasteiger partial charge in [-0.3, -0.25) is 9.78 Å². The number of thiazole rings is 1. The highest BCUT2D eigenvalue weighted by molar-refractivity contribution is 7.12. The van der Waals surface area contributed by atoms with Crippen molar-refractivity contribution in [3.8, 4) is 0 Å². The fourth-order valence-corrected chi connectivity index (χ4v) is 2.74. The van der Waals surface area contributed by atoms with E-state index >= 15 is 0 Å². The largest absolute Gasteiger partial charge is 0.360 e. The quantitative estimate of drug-likeness (QED) is 0.716. The van der Waals surface area contributed by atoms with E-state index in [1.54, 1.807) is 18.6 Å². The number of fused-ring (bicyclic) bond motifs is 1. The zero-order valence-electron chi connectivity index (χ0n) is 10.3. The normalized spacial score (nSPS) is 12.7. The van der Waals surface area contributed by atoms with Gasteiger partial charge in [-0.25, -0.2) is 4.98 Å². The molecule has 5 nitrogen and oxygen atoms in total. The number of H-pyrrole nitrogens is 1. The number of nitrogens with zero attached hydrogens (tertiary/aromatic N) is 2. The number of carbonyl (C=O) groups excluding carboxylic acids is 1. The fraction of sp³-hybridized carbons (Fsp3) is 0.154. The van der Waals surface area contributed by atoms with Crippen molar-refractivity contribution >= 4 is 28.0 Å². The molecule has 0 spiro atoms. The van der Waals surface area contributed by atoms with Crippen LogP contribution in [0.1, 0.15) is 34.0 Å². The molecule has 3 rings (SSSR count). The molecule has 0 aromatic carbocycles. The number of aromatic amines is 1. The van der Waals surface area contributed by atoms with Crippen molar-refractivity contribution in [2.75, 3.05) is 0 Å².